The number of benzene rings is 2. The normalized spacial score (nSPS) is 29.3. The predicted octanol–water partition coefficient (Wildman–Crippen LogP) is 4.24. The average Bonchev–Trinajstić information content (AvgIpc) is 3.47. The maximum absolute atomic E-state index is 13.2. The van der Waals surface area contributed by atoms with E-state index in [0.29, 0.717) is 60.9 Å². The van der Waals surface area contributed by atoms with Gasteiger partial charge in [0.2, 0.25) is 12.7 Å². The zero-order valence-corrected chi connectivity index (χ0v) is 25.2. The zero-order chi connectivity index (χ0) is 30.8. The number of hydrogen-bond acceptors (Lipinski definition) is 9. The number of methoxy groups -OCH3 is 2. The van der Waals surface area contributed by atoms with E-state index in [4.69, 9.17) is 23.7 Å². The fraction of sp³-hybridized carbons (Fsp3) is 0.562. The number of fused-ring (bicyclic) bond motifs is 2. The Hall–Kier alpha value is -3.70. The summed E-state index contributed by atoms with van der Waals surface area (Å²) < 4.78 is 27.3. The monoisotopic (exact) mass is 598 g/mol. The first-order valence-corrected chi connectivity index (χ1v) is 14.7. The Morgan fingerprint density at radius 2 is 1.72 bits per heavy atom. The highest BCUT2D eigenvalue weighted by Gasteiger charge is 2.60. The van der Waals surface area contributed by atoms with Crippen LogP contribution in [0.25, 0.3) is 0 Å². The van der Waals surface area contributed by atoms with Crippen LogP contribution in [0.3, 0.4) is 0 Å². The fourth-order valence-corrected chi connectivity index (χ4v) is 7.46. The van der Waals surface area contributed by atoms with Crippen molar-refractivity contribution in [3.8, 4) is 23.0 Å². The standard InChI is InChI=1S/C32H42N2O9/c1-31-10-9-28(43-30(38)34-20-12-21(39-3)14-22(13-20)40-4)32(2,17-35)27(31)8-6-24(36)23(31)15-29(37)33-16-19-5-7-25-26(11-19)42-18-41-25/h5,7,11-14,23-24,27-28,35-36H,6,8-10,15-18H2,1-4H3,(H,33,37)(H,34,38). The van der Waals surface area contributed by atoms with Gasteiger partial charge in [-0.3, -0.25) is 10.1 Å². The van der Waals surface area contributed by atoms with Gasteiger partial charge in [-0.05, 0) is 60.6 Å². The number of carbonyl (C=O) groups excluding carboxylic acids is 2. The van der Waals surface area contributed by atoms with Gasteiger partial charge in [-0.1, -0.05) is 19.9 Å². The number of hydrogen-bond donors (Lipinski definition) is 4. The molecule has 0 aromatic heterocycles. The van der Waals surface area contributed by atoms with Gasteiger partial charge in [0.05, 0.1) is 32.6 Å². The topological polar surface area (TPSA) is 145 Å². The Bertz CT molecular complexity index is 1310. The Balaban J connectivity index is 1.25. The largest absolute Gasteiger partial charge is 0.497 e. The molecular weight excluding hydrogens is 556 g/mol. The molecule has 0 radical (unpaired) electrons. The van der Waals surface area contributed by atoms with Crippen molar-refractivity contribution < 1.29 is 43.5 Å². The minimum absolute atomic E-state index is 0.0801. The highest BCUT2D eigenvalue weighted by Crippen LogP contribution is 2.61. The van der Waals surface area contributed by atoms with Gasteiger partial charge in [-0.15, -0.1) is 0 Å². The highest BCUT2D eigenvalue weighted by atomic mass is 16.7. The molecule has 0 bridgehead atoms. The second-order valence-electron chi connectivity index (χ2n) is 12.3. The van der Waals surface area contributed by atoms with Crippen LogP contribution in [0.4, 0.5) is 10.5 Å². The molecule has 4 N–H and O–H groups in total. The van der Waals surface area contributed by atoms with Gasteiger partial charge >= 0.3 is 6.09 Å². The number of ether oxygens (including phenoxy) is 5. The molecule has 6 atom stereocenters. The molecule has 2 aliphatic carbocycles. The average molecular weight is 599 g/mol. The summed E-state index contributed by atoms with van der Waals surface area (Å²) in [7, 11) is 3.06. The van der Waals surface area contributed by atoms with Crippen molar-refractivity contribution >= 4 is 17.7 Å². The molecule has 2 saturated carbocycles. The van der Waals surface area contributed by atoms with E-state index in [1.165, 1.54) is 14.2 Å². The van der Waals surface area contributed by atoms with Gasteiger partial charge in [0.1, 0.15) is 17.6 Å². The third-order valence-electron chi connectivity index (χ3n) is 9.86. The van der Waals surface area contributed by atoms with Crippen LogP contribution in [0.1, 0.15) is 51.5 Å². The van der Waals surface area contributed by atoms with Gasteiger partial charge < -0.3 is 39.2 Å². The van der Waals surface area contributed by atoms with Gasteiger partial charge in [0.15, 0.2) is 11.5 Å². The Labute approximate surface area is 251 Å². The van der Waals surface area contributed by atoms with E-state index in [9.17, 15) is 19.8 Å². The minimum atomic E-state index is -0.766. The molecule has 0 saturated heterocycles. The zero-order valence-electron chi connectivity index (χ0n) is 25.2. The molecule has 2 aromatic rings. The lowest BCUT2D eigenvalue weighted by Crippen LogP contribution is -2.61. The first kappa shape index (κ1) is 30.7. The van der Waals surface area contributed by atoms with Crippen molar-refractivity contribution in [1.82, 2.24) is 5.32 Å². The van der Waals surface area contributed by atoms with Crippen LogP contribution >= 0.6 is 0 Å². The van der Waals surface area contributed by atoms with Crippen molar-refractivity contribution in [2.45, 2.75) is 64.7 Å². The van der Waals surface area contributed by atoms with Crippen LogP contribution in [-0.2, 0) is 16.1 Å². The summed E-state index contributed by atoms with van der Waals surface area (Å²) in [4.78, 5) is 26.2. The maximum Gasteiger partial charge on any atom is 0.411 e. The number of amides is 2. The number of aliphatic hydroxyl groups excluding tert-OH is 2. The lowest BCUT2D eigenvalue weighted by atomic mass is 9.46. The van der Waals surface area contributed by atoms with Gasteiger partial charge in [-0.25, -0.2) is 4.79 Å². The van der Waals surface area contributed by atoms with E-state index in [2.05, 4.69) is 17.6 Å². The molecule has 11 heteroatoms. The molecule has 11 nitrogen and oxygen atoms in total. The molecule has 2 aromatic carbocycles. The van der Waals surface area contributed by atoms with Crippen LogP contribution < -0.4 is 29.6 Å². The minimum Gasteiger partial charge on any atom is -0.497 e. The summed E-state index contributed by atoms with van der Waals surface area (Å²) in [6, 6.07) is 10.6. The second kappa shape index (κ2) is 12.5. The second-order valence-corrected chi connectivity index (χ2v) is 12.3. The summed E-state index contributed by atoms with van der Waals surface area (Å²) in [6.07, 6.45) is 0.582. The first-order chi connectivity index (χ1) is 20.6. The molecule has 2 amide bonds. The molecule has 234 valence electrons. The van der Waals surface area contributed by atoms with E-state index in [1.807, 2.05) is 25.1 Å². The first-order valence-electron chi connectivity index (χ1n) is 14.7. The summed E-state index contributed by atoms with van der Waals surface area (Å²) in [6.45, 7) is 4.36. The van der Waals surface area contributed by atoms with Gasteiger partial charge in [0.25, 0.3) is 0 Å². The lowest BCUT2D eigenvalue weighted by Gasteiger charge is -2.60. The van der Waals surface area contributed by atoms with Crippen LogP contribution in [0, 0.1) is 22.7 Å². The molecular formula is C32H42N2O9. The van der Waals surface area contributed by atoms with E-state index in [0.717, 1.165) is 5.56 Å². The Kier molecular flexibility index (Phi) is 8.94. The third-order valence-corrected chi connectivity index (χ3v) is 9.86. The van der Waals surface area contributed by atoms with Crippen molar-refractivity contribution in [2.24, 2.45) is 22.7 Å². The quantitative estimate of drug-likeness (QED) is 0.333. The molecule has 5 rings (SSSR count). The van der Waals surface area contributed by atoms with E-state index >= 15 is 0 Å². The van der Waals surface area contributed by atoms with E-state index in [-0.39, 0.29) is 37.6 Å². The van der Waals surface area contributed by atoms with E-state index in [1.54, 1.807) is 18.2 Å². The molecule has 43 heavy (non-hydrogen) atoms. The highest BCUT2D eigenvalue weighted by molar-refractivity contribution is 5.85. The van der Waals surface area contributed by atoms with Crippen LogP contribution in [0.5, 0.6) is 23.0 Å². The van der Waals surface area contributed by atoms with Crippen molar-refractivity contribution in [3.63, 3.8) is 0 Å². The SMILES string of the molecule is COc1cc(NC(=O)OC2CCC3(C)C(CC(=O)NCc4ccc5c(c4)OCO5)C(O)CCC3C2(C)CO)cc(OC)c1. The molecule has 1 heterocycles. The number of rotatable bonds is 9. The molecule has 1 aliphatic heterocycles. The third kappa shape index (κ3) is 6.19. The summed E-state index contributed by atoms with van der Waals surface area (Å²) in [5.74, 6) is 1.84. The number of carbonyl (C=O) groups is 2. The number of aliphatic hydroxyl groups is 2. The van der Waals surface area contributed by atoms with Crippen LogP contribution in [0.2, 0.25) is 0 Å². The Morgan fingerprint density at radius 3 is 2.42 bits per heavy atom. The summed E-state index contributed by atoms with van der Waals surface area (Å²) in [5.41, 5.74) is 0.140. The lowest BCUT2D eigenvalue weighted by molar-refractivity contribution is -0.185. The van der Waals surface area contributed by atoms with Crippen molar-refractivity contribution in [1.29, 1.82) is 0 Å². The van der Waals surface area contributed by atoms with Crippen LogP contribution in [0.15, 0.2) is 36.4 Å². The van der Waals surface area contributed by atoms with E-state index < -0.39 is 29.1 Å². The predicted molar refractivity (Wildman–Crippen MR) is 157 cm³/mol. The van der Waals surface area contributed by atoms with Gasteiger partial charge in [0, 0.05) is 36.6 Å². The Morgan fingerprint density at radius 1 is 1.00 bits per heavy atom. The maximum atomic E-state index is 13.2. The van der Waals surface area contributed by atoms with Crippen molar-refractivity contribution in [2.75, 3.05) is 32.9 Å². The molecule has 3 aliphatic rings. The summed E-state index contributed by atoms with van der Waals surface area (Å²) >= 11 is 0. The molecule has 6 unspecified atom stereocenters. The number of nitrogens with one attached hydrogen (secondary N) is 2. The van der Waals surface area contributed by atoms with Gasteiger partial charge in [-0.2, -0.15) is 0 Å². The fourth-order valence-electron chi connectivity index (χ4n) is 7.46. The number of anilines is 1. The molecule has 2 fully saturated rings. The van der Waals surface area contributed by atoms with Crippen LogP contribution in [-0.4, -0.2) is 62.0 Å². The smallest absolute Gasteiger partial charge is 0.411 e. The molecule has 0 spiro atoms. The van der Waals surface area contributed by atoms with Crippen molar-refractivity contribution in [3.05, 3.63) is 42.0 Å². The summed E-state index contributed by atoms with van der Waals surface area (Å²) in [5, 5.41) is 27.6.